The molecule has 0 aliphatic carbocycles. The van der Waals surface area contributed by atoms with Crippen LogP contribution in [0, 0.1) is 4.77 Å². The quantitative estimate of drug-likeness (QED) is 0.849. The molecular formula is C12H12Cl2N4OS. The van der Waals surface area contributed by atoms with E-state index in [9.17, 15) is 4.79 Å². The van der Waals surface area contributed by atoms with Crippen molar-refractivity contribution in [1.29, 1.82) is 0 Å². The summed E-state index contributed by atoms with van der Waals surface area (Å²) >= 11 is 16.8. The molecule has 1 atom stereocenters. The van der Waals surface area contributed by atoms with E-state index in [1.165, 1.54) is 6.07 Å². The zero-order valence-electron chi connectivity index (χ0n) is 10.8. The summed E-state index contributed by atoms with van der Waals surface area (Å²) in [6.07, 6.45) is 0. The van der Waals surface area contributed by atoms with Crippen LogP contribution >= 0.6 is 35.4 Å². The molecule has 20 heavy (non-hydrogen) atoms. The molecule has 1 heterocycles. The summed E-state index contributed by atoms with van der Waals surface area (Å²) in [6, 6.07) is 4.41. The average Bonchev–Trinajstić information content (AvgIpc) is 2.69. The second-order valence-corrected chi connectivity index (χ2v) is 5.50. The van der Waals surface area contributed by atoms with Gasteiger partial charge in [-0.05, 0) is 37.3 Å². The van der Waals surface area contributed by atoms with E-state index in [2.05, 4.69) is 15.5 Å². The van der Waals surface area contributed by atoms with Gasteiger partial charge in [0.15, 0.2) is 10.6 Å². The van der Waals surface area contributed by atoms with Gasteiger partial charge in [-0.15, -0.1) is 0 Å². The van der Waals surface area contributed by atoms with Crippen LogP contribution in [0.25, 0.3) is 0 Å². The van der Waals surface area contributed by atoms with E-state index in [0.29, 0.717) is 26.2 Å². The highest BCUT2D eigenvalue weighted by molar-refractivity contribution is 7.71. The molecule has 1 aromatic carbocycles. The first-order valence-corrected chi connectivity index (χ1v) is 6.93. The molecule has 0 spiro atoms. The number of benzene rings is 1. The molecule has 0 aliphatic heterocycles. The van der Waals surface area contributed by atoms with Gasteiger partial charge in [-0.2, -0.15) is 5.10 Å². The molecule has 106 valence electrons. The number of hydrogen-bond donors (Lipinski definition) is 2. The number of nitrogens with zero attached hydrogens (tertiary/aromatic N) is 2. The first kappa shape index (κ1) is 15.0. The lowest BCUT2D eigenvalue weighted by Gasteiger charge is -2.13. The molecule has 2 aromatic rings. The summed E-state index contributed by atoms with van der Waals surface area (Å²) < 4.78 is 2.19. The lowest BCUT2D eigenvalue weighted by Crippen LogP contribution is -2.28. The number of aromatic amines is 1. The second kappa shape index (κ2) is 5.95. The molecule has 5 nitrogen and oxygen atoms in total. The molecule has 0 fully saturated rings. The van der Waals surface area contributed by atoms with Crippen LogP contribution < -0.4 is 5.32 Å². The molecule has 1 amide bonds. The number of carbonyl (C=O) groups is 1. The van der Waals surface area contributed by atoms with E-state index >= 15 is 0 Å². The normalized spacial score (nSPS) is 12.2. The van der Waals surface area contributed by atoms with Gasteiger partial charge in [0, 0.05) is 12.1 Å². The number of hydrogen-bond acceptors (Lipinski definition) is 3. The van der Waals surface area contributed by atoms with E-state index in [4.69, 9.17) is 35.4 Å². The van der Waals surface area contributed by atoms with Crippen molar-refractivity contribution in [2.75, 3.05) is 0 Å². The number of amides is 1. The van der Waals surface area contributed by atoms with E-state index in [1.807, 2.05) is 6.92 Å². The van der Waals surface area contributed by atoms with Crippen molar-refractivity contribution in [2.45, 2.75) is 13.0 Å². The van der Waals surface area contributed by atoms with Crippen LogP contribution in [0.15, 0.2) is 18.2 Å². The van der Waals surface area contributed by atoms with Crippen molar-refractivity contribution in [3.63, 3.8) is 0 Å². The van der Waals surface area contributed by atoms with Gasteiger partial charge in [0.2, 0.25) is 0 Å². The first-order chi connectivity index (χ1) is 9.40. The minimum Gasteiger partial charge on any atom is -0.342 e. The van der Waals surface area contributed by atoms with Gasteiger partial charge >= 0.3 is 0 Å². The summed E-state index contributed by atoms with van der Waals surface area (Å²) in [5.41, 5.74) is 0.361. The third kappa shape index (κ3) is 3.03. The molecule has 0 unspecified atom stereocenters. The molecule has 0 aliphatic rings. The van der Waals surface area contributed by atoms with E-state index < -0.39 is 0 Å². The van der Waals surface area contributed by atoms with Gasteiger partial charge in [-0.25, -0.2) is 0 Å². The zero-order chi connectivity index (χ0) is 14.9. The Hall–Kier alpha value is -1.37. The monoisotopic (exact) mass is 330 g/mol. The Morgan fingerprint density at radius 2 is 2.20 bits per heavy atom. The fraction of sp³-hybridized carbons (Fsp3) is 0.250. The summed E-state index contributed by atoms with van der Waals surface area (Å²) in [6.45, 7) is 1.81. The summed E-state index contributed by atoms with van der Waals surface area (Å²) in [5.74, 6) is 0.335. The fourth-order valence-electron chi connectivity index (χ4n) is 1.76. The number of H-pyrrole nitrogens is 1. The van der Waals surface area contributed by atoms with Crippen molar-refractivity contribution in [2.24, 2.45) is 7.05 Å². The summed E-state index contributed by atoms with van der Waals surface area (Å²) in [5, 5.41) is 10.3. The third-order valence-corrected chi connectivity index (χ3v) is 3.74. The van der Waals surface area contributed by atoms with E-state index in [1.54, 1.807) is 23.7 Å². The Morgan fingerprint density at radius 1 is 1.50 bits per heavy atom. The summed E-state index contributed by atoms with van der Waals surface area (Å²) in [4.78, 5) is 12.2. The van der Waals surface area contributed by atoms with Crippen molar-refractivity contribution in [3.05, 3.63) is 44.4 Å². The molecule has 0 radical (unpaired) electrons. The minimum atomic E-state index is -0.313. The van der Waals surface area contributed by atoms with Crippen LogP contribution in [0.1, 0.15) is 29.1 Å². The van der Waals surface area contributed by atoms with Crippen LogP contribution in [-0.4, -0.2) is 20.7 Å². The molecule has 0 bridgehead atoms. The van der Waals surface area contributed by atoms with Crippen molar-refractivity contribution in [3.8, 4) is 0 Å². The van der Waals surface area contributed by atoms with Crippen LogP contribution in [-0.2, 0) is 7.05 Å². The topological polar surface area (TPSA) is 62.7 Å². The van der Waals surface area contributed by atoms with Gasteiger partial charge in [-0.3, -0.25) is 9.89 Å². The molecule has 0 saturated carbocycles. The first-order valence-electron chi connectivity index (χ1n) is 5.77. The molecule has 1 aromatic heterocycles. The lowest BCUT2D eigenvalue weighted by molar-refractivity contribution is 0.0938. The number of halogens is 2. The Kier molecular flexibility index (Phi) is 4.47. The number of carbonyl (C=O) groups excluding carboxylic acids is 1. The van der Waals surface area contributed by atoms with Crippen LogP contribution in [0.2, 0.25) is 10.0 Å². The fourth-order valence-corrected chi connectivity index (χ4v) is 2.39. The second-order valence-electron chi connectivity index (χ2n) is 4.27. The molecule has 2 rings (SSSR count). The maximum absolute atomic E-state index is 12.2. The van der Waals surface area contributed by atoms with Crippen LogP contribution in [0.3, 0.4) is 0 Å². The third-order valence-electron chi connectivity index (χ3n) is 2.83. The molecule has 2 N–H and O–H groups in total. The van der Waals surface area contributed by atoms with Gasteiger partial charge in [-0.1, -0.05) is 23.2 Å². The number of aromatic nitrogens is 3. The summed E-state index contributed by atoms with van der Waals surface area (Å²) in [7, 11) is 1.78. The zero-order valence-corrected chi connectivity index (χ0v) is 13.1. The predicted octanol–water partition coefficient (Wildman–Crippen LogP) is 3.28. The highest BCUT2D eigenvalue weighted by Gasteiger charge is 2.17. The molecular weight excluding hydrogens is 319 g/mol. The minimum absolute atomic E-state index is 0.298. The molecule has 8 heteroatoms. The Labute approximate surface area is 130 Å². The standard InChI is InChI=1S/C12H12Cl2N4OS/c1-6(10-16-17-12(20)18(10)2)15-11(19)8-4-3-7(13)5-9(8)14/h3-6H,1-2H3,(H,15,19)(H,17,20)/t6-/m0/s1. The van der Waals surface area contributed by atoms with Gasteiger partial charge < -0.3 is 9.88 Å². The number of rotatable bonds is 3. The van der Waals surface area contributed by atoms with Crippen molar-refractivity contribution >= 4 is 41.3 Å². The Balaban J connectivity index is 2.19. The highest BCUT2D eigenvalue weighted by Crippen LogP contribution is 2.21. The molecule has 0 saturated heterocycles. The number of nitrogens with one attached hydrogen (secondary N) is 2. The van der Waals surface area contributed by atoms with E-state index in [0.717, 1.165) is 0 Å². The highest BCUT2D eigenvalue weighted by atomic mass is 35.5. The van der Waals surface area contributed by atoms with Crippen molar-refractivity contribution < 1.29 is 4.79 Å². The smallest absolute Gasteiger partial charge is 0.253 e. The lowest BCUT2D eigenvalue weighted by atomic mass is 10.2. The Morgan fingerprint density at radius 3 is 2.75 bits per heavy atom. The predicted molar refractivity (Wildman–Crippen MR) is 80.7 cm³/mol. The SMILES string of the molecule is C[C@H](NC(=O)c1ccc(Cl)cc1Cl)c1n[nH]c(=S)n1C. The maximum atomic E-state index is 12.2. The van der Waals surface area contributed by atoms with Gasteiger partial charge in [0.25, 0.3) is 5.91 Å². The maximum Gasteiger partial charge on any atom is 0.253 e. The van der Waals surface area contributed by atoms with Gasteiger partial charge in [0.05, 0.1) is 16.6 Å². The average molecular weight is 331 g/mol. The Bertz CT molecular complexity index is 710. The van der Waals surface area contributed by atoms with Crippen LogP contribution in [0.4, 0.5) is 0 Å². The van der Waals surface area contributed by atoms with Gasteiger partial charge in [0.1, 0.15) is 0 Å². The van der Waals surface area contributed by atoms with E-state index in [-0.39, 0.29) is 11.9 Å². The van der Waals surface area contributed by atoms with Crippen LogP contribution in [0.5, 0.6) is 0 Å². The van der Waals surface area contributed by atoms with Crippen molar-refractivity contribution in [1.82, 2.24) is 20.1 Å². The largest absolute Gasteiger partial charge is 0.342 e.